The third-order valence-corrected chi connectivity index (χ3v) is 6.22. The van der Waals surface area contributed by atoms with Crippen molar-refractivity contribution < 1.29 is 18.0 Å². The van der Waals surface area contributed by atoms with E-state index < -0.39 is 21.5 Å². The number of rotatable bonds is 3. The number of amides is 2. The summed E-state index contributed by atoms with van der Waals surface area (Å²) in [5, 5.41) is 0. The number of sulfonamides is 1. The zero-order valence-electron chi connectivity index (χ0n) is 10.5. The lowest BCUT2D eigenvalue weighted by Crippen LogP contribution is -2.47. The highest BCUT2D eigenvalue weighted by atomic mass is 32.2. The normalized spacial score (nSPS) is 33.7. The lowest BCUT2D eigenvalue weighted by atomic mass is 9.70. The van der Waals surface area contributed by atoms with Gasteiger partial charge >= 0.3 is 6.03 Å². The lowest BCUT2D eigenvalue weighted by molar-refractivity contribution is -0.128. The summed E-state index contributed by atoms with van der Waals surface area (Å²) in [5.74, 6) is -0.0991. The average molecular weight is 274 g/mol. The first-order valence-corrected chi connectivity index (χ1v) is 7.59. The van der Waals surface area contributed by atoms with Crippen LogP contribution in [0, 0.1) is 16.7 Å². The van der Waals surface area contributed by atoms with Crippen LogP contribution >= 0.6 is 0 Å². The molecular formula is C11H18N2O4S. The minimum Gasteiger partial charge on any atom is -0.351 e. The Kier molecular flexibility index (Phi) is 2.73. The van der Waals surface area contributed by atoms with E-state index in [0.29, 0.717) is 12.8 Å². The third kappa shape index (κ3) is 1.72. The van der Waals surface area contributed by atoms with Crippen molar-refractivity contribution in [3.05, 3.63) is 0 Å². The van der Waals surface area contributed by atoms with Crippen LogP contribution in [-0.2, 0) is 14.8 Å². The summed E-state index contributed by atoms with van der Waals surface area (Å²) in [7, 11) is -3.86. The van der Waals surface area contributed by atoms with E-state index in [1.807, 2.05) is 13.8 Å². The van der Waals surface area contributed by atoms with E-state index in [9.17, 15) is 18.0 Å². The number of carbonyl (C=O) groups excluding carboxylic acids is 2. The van der Waals surface area contributed by atoms with Crippen LogP contribution in [0.15, 0.2) is 0 Å². The fourth-order valence-corrected chi connectivity index (χ4v) is 5.33. The summed E-state index contributed by atoms with van der Waals surface area (Å²) in [6.07, 6.45) is 1.88. The zero-order valence-corrected chi connectivity index (χ0v) is 11.3. The second kappa shape index (κ2) is 3.69. The van der Waals surface area contributed by atoms with Crippen LogP contribution in [-0.4, -0.2) is 26.0 Å². The molecule has 3 N–H and O–H groups in total. The molecule has 2 saturated carbocycles. The smallest absolute Gasteiger partial charge is 0.325 e. The summed E-state index contributed by atoms with van der Waals surface area (Å²) in [6.45, 7) is 3.88. The van der Waals surface area contributed by atoms with Crippen molar-refractivity contribution in [3.63, 3.8) is 0 Å². The highest BCUT2D eigenvalue weighted by Crippen LogP contribution is 2.64. The summed E-state index contributed by atoms with van der Waals surface area (Å²) < 4.78 is 25.4. The van der Waals surface area contributed by atoms with Gasteiger partial charge in [-0.1, -0.05) is 13.8 Å². The molecule has 0 aromatic heterocycles. The quantitative estimate of drug-likeness (QED) is 0.775. The van der Waals surface area contributed by atoms with E-state index in [2.05, 4.69) is 0 Å². The van der Waals surface area contributed by atoms with Crippen LogP contribution in [0.25, 0.3) is 0 Å². The van der Waals surface area contributed by atoms with Crippen molar-refractivity contribution in [3.8, 4) is 0 Å². The van der Waals surface area contributed by atoms with Crippen LogP contribution in [0.3, 0.4) is 0 Å². The number of ketones is 1. The van der Waals surface area contributed by atoms with Crippen LogP contribution in [0.1, 0.15) is 33.1 Å². The van der Waals surface area contributed by atoms with Crippen LogP contribution in [0.5, 0.6) is 0 Å². The first kappa shape index (κ1) is 13.3. The molecule has 0 saturated heterocycles. The number of carbonyl (C=O) groups is 2. The highest BCUT2D eigenvalue weighted by molar-refractivity contribution is 7.90. The number of nitrogens with two attached hydrogens (primary N) is 1. The molecule has 18 heavy (non-hydrogen) atoms. The predicted octanol–water partition coefficient (Wildman–Crippen LogP) is 0.380. The molecule has 0 aromatic carbocycles. The van der Waals surface area contributed by atoms with Gasteiger partial charge in [0.2, 0.25) is 10.0 Å². The van der Waals surface area contributed by atoms with Gasteiger partial charge in [-0.15, -0.1) is 0 Å². The fourth-order valence-electron chi connectivity index (χ4n) is 3.62. The fraction of sp³-hybridized carbons (Fsp3) is 0.818. The molecule has 2 fully saturated rings. The van der Waals surface area contributed by atoms with Crippen molar-refractivity contribution >= 4 is 21.8 Å². The Morgan fingerprint density at radius 3 is 2.50 bits per heavy atom. The van der Waals surface area contributed by atoms with E-state index in [0.717, 1.165) is 6.42 Å². The summed E-state index contributed by atoms with van der Waals surface area (Å²) in [5.41, 5.74) is 3.64. The predicted molar refractivity (Wildman–Crippen MR) is 65.1 cm³/mol. The van der Waals surface area contributed by atoms with Crippen molar-refractivity contribution in [1.82, 2.24) is 4.72 Å². The molecule has 7 heteroatoms. The van der Waals surface area contributed by atoms with E-state index in [1.54, 1.807) is 4.72 Å². The number of fused-ring (bicyclic) bond motifs is 2. The van der Waals surface area contributed by atoms with Crippen LogP contribution < -0.4 is 10.5 Å². The van der Waals surface area contributed by atoms with Crippen LogP contribution in [0.2, 0.25) is 0 Å². The molecular weight excluding hydrogens is 256 g/mol. The van der Waals surface area contributed by atoms with Crippen molar-refractivity contribution in [1.29, 1.82) is 0 Å². The Hall–Kier alpha value is -1.11. The summed E-state index contributed by atoms with van der Waals surface area (Å²) >= 11 is 0. The number of urea groups is 1. The van der Waals surface area contributed by atoms with Crippen molar-refractivity contribution in [2.75, 3.05) is 5.75 Å². The molecule has 2 atom stereocenters. The molecule has 6 nitrogen and oxygen atoms in total. The third-order valence-electron chi connectivity index (χ3n) is 4.83. The van der Waals surface area contributed by atoms with Gasteiger partial charge in [-0.25, -0.2) is 17.9 Å². The number of primary amides is 1. The van der Waals surface area contributed by atoms with E-state index in [4.69, 9.17) is 5.73 Å². The zero-order chi connectivity index (χ0) is 13.8. The number of Topliss-reactive ketones (excluding diaryl/α,β-unsaturated/α-hetero) is 1. The maximum atomic E-state index is 12.1. The first-order valence-electron chi connectivity index (χ1n) is 5.94. The topological polar surface area (TPSA) is 106 Å². The molecule has 102 valence electrons. The number of hydrogen-bond acceptors (Lipinski definition) is 4. The Morgan fingerprint density at radius 1 is 1.50 bits per heavy atom. The molecule has 2 aliphatic carbocycles. The number of nitrogens with one attached hydrogen (secondary N) is 1. The molecule has 0 radical (unpaired) electrons. The Labute approximate surface area is 106 Å². The first-order chi connectivity index (χ1) is 8.11. The van der Waals surface area contributed by atoms with Gasteiger partial charge in [-0.05, 0) is 24.2 Å². The second-order valence-corrected chi connectivity index (χ2v) is 7.61. The standard InChI is InChI=1S/C11H18N2O4S/c1-10(2)7-3-4-11(10,8(14)5-7)6-18(16,17)13-9(12)15/h7H,3-6H2,1-2H3,(H3,12,13,15). The molecule has 0 aromatic rings. The molecule has 0 heterocycles. The minimum atomic E-state index is -3.86. The second-order valence-electron chi connectivity index (χ2n) is 5.89. The molecule has 2 aliphatic rings. The van der Waals surface area contributed by atoms with Crippen LogP contribution in [0.4, 0.5) is 4.79 Å². The molecule has 2 unspecified atom stereocenters. The van der Waals surface area contributed by atoms with Gasteiger partial charge < -0.3 is 5.73 Å². The van der Waals surface area contributed by atoms with Gasteiger partial charge in [0.15, 0.2) is 0 Å². The average Bonchev–Trinajstić information content (AvgIpc) is 2.48. The molecule has 2 rings (SSSR count). The Morgan fingerprint density at radius 2 is 2.11 bits per heavy atom. The molecule has 2 bridgehead atoms. The van der Waals surface area contributed by atoms with Gasteiger partial charge in [0.1, 0.15) is 5.78 Å². The summed E-state index contributed by atoms with van der Waals surface area (Å²) in [6, 6.07) is -1.11. The van der Waals surface area contributed by atoms with Crippen molar-refractivity contribution in [2.45, 2.75) is 33.1 Å². The van der Waals surface area contributed by atoms with Gasteiger partial charge in [0, 0.05) is 6.42 Å². The Bertz CT molecular complexity index is 511. The summed E-state index contributed by atoms with van der Waals surface area (Å²) in [4.78, 5) is 22.8. The SMILES string of the molecule is CC1(C)C2CCC1(CS(=O)(=O)NC(N)=O)C(=O)C2. The van der Waals surface area contributed by atoms with Gasteiger partial charge in [-0.3, -0.25) is 4.79 Å². The van der Waals surface area contributed by atoms with E-state index in [1.165, 1.54) is 0 Å². The Balaban J connectivity index is 2.32. The lowest BCUT2D eigenvalue weighted by Gasteiger charge is -2.35. The van der Waals surface area contributed by atoms with Gasteiger partial charge in [-0.2, -0.15) is 0 Å². The van der Waals surface area contributed by atoms with E-state index >= 15 is 0 Å². The maximum absolute atomic E-state index is 12.1. The maximum Gasteiger partial charge on any atom is 0.325 e. The molecule has 0 aliphatic heterocycles. The molecule has 0 spiro atoms. The van der Waals surface area contributed by atoms with E-state index in [-0.39, 0.29) is 22.9 Å². The largest absolute Gasteiger partial charge is 0.351 e. The molecule has 2 amide bonds. The number of hydrogen-bond donors (Lipinski definition) is 2. The van der Waals surface area contributed by atoms with Gasteiger partial charge in [0.05, 0.1) is 11.2 Å². The van der Waals surface area contributed by atoms with Gasteiger partial charge in [0.25, 0.3) is 0 Å². The monoisotopic (exact) mass is 274 g/mol. The highest BCUT2D eigenvalue weighted by Gasteiger charge is 2.65. The van der Waals surface area contributed by atoms with Crippen molar-refractivity contribution in [2.24, 2.45) is 22.5 Å². The minimum absolute atomic E-state index is 0.00130.